The van der Waals surface area contributed by atoms with E-state index in [1.54, 1.807) is 18.3 Å². The van der Waals surface area contributed by atoms with Gasteiger partial charge in [0.15, 0.2) is 0 Å². The van der Waals surface area contributed by atoms with E-state index in [-0.39, 0.29) is 5.91 Å². The number of pyridine rings is 1. The number of aromatic nitrogens is 1. The Hall–Kier alpha value is -1.87. The molecular formula is C16H17ClN2O. The van der Waals surface area contributed by atoms with Crippen molar-refractivity contribution in [2.45, 2.75) is 13.3 Å². The van der Waals surface area contributed by atoms with Crippen LogP contribution in [0, 0.1) is 0 Å². The minimum absolute atomic E-state index is 0.00673. The molecule has 0 radical (unpaired) electrons. The van der Waals surface area contributed by atoms with Crippen molar-refractivity contribution in [3.05, 3.63) is 64.9 Å². The Morgan fingerprint density at radius 3 is 2.65 bits per heavy atom. The van der Waals surface area contributed by atoms with E-state index < -0.39 is 0 Å². The fourth-order valence-electron chi connectivity index (χ4n) is 2.03. The first-order valence-electron chi connectivity index (χ1n) is 6.65. The van der Waals surface area contributed by atoms with E-state index in [0.717, 1.165) is 6.42 Å². The number of halogens is 1. The Bertz CT molecular complexity index is 572. The second-order valence-corrected chi connectivity index (χ2v) is 4.87. The van der Waals surface area contributed by atoms with Crippen molar-refractivity contribution >= 4 is 17.5 Å². The zero-order valence-corrected chi connectivity index (χ0v) is 12.2. The lowest BCUT2D eigenvalue weighted by Gasteiger charge is -2.21. The summed E-state index contributed by atoms with van der Waals surface area (Å²) in [5.41, 5.74) is 1.81. The van der Waals surface area contributed by atoms with E-state index in [2.05, 4.69) is 17.1 Å². The van der Waals surface area contributed by atoms with Gasteiger partial charge in [0.25, 0.3) is 5.91 Å². The molecule has 1 heterocycles. The monoisotopic (exact) mass is 288 g/mol. The van der Waals surface area contributed by atoms with Gasteiger partial charge in [-0.25, -0.2) is 4.98 Å². The highest BCUT2D eigenvalue weighted by Gasteiger charge is 2.14. The SMILES string of the molecule is CCN(CCc1ccccc1)C(=O)c1ccnc(Cl)c1. The predicted octanol–water partition coefficient (Wildman–Crippen LogP) is 3.44. The molecule has 2 aromatic rings. The van der Waals surface area contributed by atoms with Gasteiger partial charge < -0.3 is 4.90 Å². The van der Waals surface area contributed by atoms with Crippen molar-refractivity contribution in [2.75, 3.05) is 13.1 Å². The Morgan fingerprint density at radius 2 is 2.00 bits per heavy atom. The molecule has 3 nitrogen and oxygen atoms in total. The second-order valence-electron chi connectivity index (χ2n) is 4.49. The molecule has 0 atom stereocenters. The van der Waals surface area contributed by atoms with Gasteiger partial charge in [-0.3, -0.25) is 4.79 Å². The summed E-state index contributed by atoms with van der Waals surface area (Å²) in [5, 5.41) is 0.343. The first kappa shape index (κ1) is 14.5. The minimum Gasteiger partial charge on any atom is -0.339 e. The number of amides is 1. The molecule has 0 unspecified atom stereocenters. The van der Waals surface area contributed by atoms with Gasteiger partial charge in [0.05, 0.1) is 0 Å². The van der Waals surface area contributed by atoms with Gasteiger partial charge in [0, 0.05) is 24.8 Å². The van der Waals surface area contributed by atoms with Gasteiger partial charge in [-0.2, -0.15) is 0 Å². The van der Waals surface area contributed by atoms with Crippen LogP contribution in [0.3, 0.4) is 0 Å². The standard InChI is InChI=1S/C16H17ClN2O/c1-2-19(11-9-13-6-4-3-5-7-13)16(20)14-8-10-18-15(17)12-14/h3-8,10,12H,2,9,11H2,1H3. The molecule has 1 amide bonds. The average molecular weight is 289 g/mol. The third kappa shape index (κ3) is 3.81. The Morgan fingerprint density at radius 1 is 1.25 bits per heavy atom. The molecule has 104 valence electrons. The van der Waals surface area contributed by atoms with E-state index in [0.29, 0.717) is 23.8 Å². The van der Waals surface area contributed by atoms with Gasteiger partial charge in [0.2, 0.25) is 0 Å². The highest BCUT2D eigenvalue weighted by atomic mass is 35.5. The summed E-state index contributed by atoms with van der Waals surface area (Å²) in [7, 11) is 0. The minimum atomic E-state index is -0.00673. The lowest BCUT2D eigenvalue weighted by molar-refractivity contribution is 0.0766. The van der Waals surface area contributed by atoms with Crippen LogP contribution < -0.4 is 0 Å². The van der Waals surface area contributed by atoms with Gasteiger partial charge >= 0.3 is 0 Å². The van der Waals surface area contributed by atoms with Crippen LogP contribution in [0.15, 0.2) is 48.7 Å². The van der Waals surface area contributed by atoms with Gasteiger partial charge in [-0.15, -0.1) is 0 Å². The Labute approximate surface area is 124 Å². The maximum atomic E-state index is 12.4. The molecule has 4 heteroatoms. The van der Waals surface area contributed by atoms with Crippen LogP contribution in [0.25, 0.3) is 0 Å². The fraction of sp³-hybridized carbons (Fsp3) is 0.250. The number of hydrogen-bond acceptors (Lipinski definition) is 2. The predicted molar refractivity (Wildman–Crippen MR) is 81.0 cm³/mol. The van der Waals surface area contributed by atoms with Crippen molar-refractivity contribution in [3.8, 4) is 0 Å². The topological polar surface area (TPSA) is 33.2 Å². The molecule has 1 aromatic heterocycles. The Kier molecular flexibility index (Phi) is 5.13. The zero-order chi connectivity index (χ0) is 14.4. The summed E-state index contributed by atoms with van der Waals surface area (Å²) in [5.74, 6) is -0.00673. The average Bonchev–Trinajstić information content (AvgIpc) is 2.48. The van der Waals surface area contributed by atoms with Crippen LogP contribution in [0.1, 0.15) is 22.8 Å². The third-order valence-electron chi connectivity index (χ3n) is 3.16. The summed E-state index contributed by atoms with van der Waals surface area (Å²) in [6.07, 6.45) is 2.40. The lowest BCUT2D eigenvalue weighted by atomic mass is 10.1. The smallest absolute Gasteiger partial charge is 0.254 e. The molecule has 0 spiro atoms. The van der Waals surface area contributed by atoms with Crippen molar-refractivity contribution in [1.29, 1.82) is 0 Å². The van der Waals surface area contributed by atoms with Crippen molar-refractivity contribution in [2.24, 2.45) is 0 Å². The lowest BCUT2D eigenvalue weighted by Crippen LogP contribution is -2.32. The number of nitrogens with zero attached hydrogens (tertiary/aromatic N) is 2. The molecule has 0 saturated carbocycles. The van der Waals surface area contributed by atoms with Gasteiger partial charge in [-0.1, -0.05) is 41.9 Å². The number of benzene rings is 1. The van der Waals surface area contributed by atoms with Crippen LogP contribution in [-0.4, -0.2) is 28.9 Å². The fourth-order valence-corrected chi connectivity index (χ4v) is 2.20. The van der Waals surface area contributed by atoms with E-state index in [1.165, 1.54) is 5.56 Å². The summed E-state index contributed by atoms with van der Waals surface area (Å²) < 4.78 is 0. The number of carbonyl (C=O) groups excluding carboxylic acids is 1. The molecule has 0 saturated heterocycles. The van der Waals surface area contributed by atoms with Crippen molar-refractivity contribution < 1.29 is 4.79 Å². The molecular weight excluding hydrogens is 272 g/mol. The molecule has 0 aliphatic heterocycles. The van der Waals surface area contributed by atoms with Crippen molar-refractivity contribution in [1.82, 2.24) is 9.88 Å². The largest absolute Gasteiger partial charge is 0.339 e. The Balaban J connectivity index is 2.03. The van der Waals surface area contributed by atoms with E-state index in [9.17, 15) is 4.79 Å². The zero-order valence-electron chi connectivity index (χ0n) is 11.4. The number of carbonyl (C=O) groups is 1. The maximum Gasteiger partial charge on any atom is 0.254 e. The summed E-state index contributed by atoms with van der Waals surface area (Å²) in [4.78, 5) is 18.1. The van der Waals surface area contributed by atoms with Crippen LogP contribution in [0.4, 0.5) is 0 Å². The molecule has 20 heavy (non-hydrogen) atoms. The molecule has 2 rings (SSSR count). The van der Waals surface area contributed by atoms with Crippen LogP contribution in [0.5, 0.6) is 0 Å². The molecule has 1 aromatic carbocycles. The number of hydrogen-bond donors (Lipinski definition) is 0. The van der Waals surface area contributed by atoms with Crippen LogP contribution >= 0.6 is 11.6 Å². The van der Waals surface area contributed by atoms with Crippen LogP contribution in [-0.2, 0) is 6.42 Å². The maximum absolute atomic E-state index is 12.4. The van der Waals surface area contributed by atoms with E-state index in [1.807, 2.05) is 30.0 Å². The first-order valence-corrected chi connectivity index (χ1v) is 7.03. The molecule has 0 aliphatic rings. The summed E-state index contributed by atoms with van der Waals surface area (Å²) >= 11 is 5.83. The summed E-state index contributed by atoms with van der Waals surface area (Å²) in [6.45, 7) is 3.34. The normalized spacial score (nSPS) is 10.3. The summed E-state index contributed by atoms with van der Waals surface area (Å²) in [6, 6.07) is 13.5. The van der Waals surface area contributed by atoms with Crippen molar-refractivity contribution in [3.63, 3.8) is 0 Å². The van der Waals surface area contributed by atoms with Gasteiger partial charge in [0.1, 0.15) is 5.15 Å². The van der Waals surface area contributed by atoms with E-state index in [4.69, 9.17) is 11.6 Å². The number of likely N-dealkylation sites (N-methyl/N-ethyl adjacent to an activating group) is 1. The molecule has 0 N–H and O–H groups in total. The first-order chi connectivity index (χ1) is 9.70. The number of rotatable bonds is 5. The second kappa shape index (κ2) is 7.06. The third-order valence-corrected chi connectivity index (χ3v) is 3.36. The van der Waals surface area contributed by atoms with Gasteiger partial charge in [-0.05, 0) is 31.0 Å². The van der Waals surface area contributed by atoms with E-state index >= 15 is 0 Å². The molecule has 0 fully saturated rings. The molecule has 0 aliphatic carbocycles. The van der Waals surface area contributed by atoms with Crippen LogP contribution in [0.2, 0.25) is 5.15 Å². The highest BCUT2D eigenvalue weighted by molar-refractivity contribution is 6.29. The highest BCUT2D eigenvalue weighted by Crippen LogP contribution is 2.11. The molecule has 0 bridgehead atoms. The quantitative estimate of drug-likeness (QED) is 0.790.